The number of hydrogen-bond acceptors (Lipinski definition) is 5. The molecule has 16 heavy (non-hydrogen) atoms. The maximum absolute atomic E-state index is 11.9. The first kappa shape index (κ1) is 10.2. The molecule has 0 aliphatic rings. The summed E-state index contributed by atoms with van der Waals surface area (Å²) in [6, 6.07) is 3.43. The van der Waals surface area contributed by atoms with E-state index in [1.165, 1.54) is 11.1 Å². The van der Waals surface area contributed by atoms with Crippen LogP contribution in [-0.2, 0) is 6.54 Å². The fraction of sp³-hybridized carbons (Fsp3) is 0.222. The Morgan fingerprint density at radius 1 is 1.56 bits per heavy atom. The van der Waals surface area contributed by atoms with Gasteiger partial charge in [0.2, 0.25) is 0 Å². The molecule has 1 amide bonds. The van der Waals surface area contributed by atoms with E-state index in [4.69, 9.17) is 0 Å². The maximum atomic E-state index is 11.9. The van der Waals surface area contributed by atoms with Crippen LogP contribution in [0, 0.1) is 0 Å². The molecule has 0 saturated heterocycles. The Kier molecular flexibility index (Phi) is 2.86. The normalized spacial score (nSPS) is 10.1. The van der Waals surface area contributed by atoms with E-state index in [1.807, 2.05) is 0 Å². The standard InChI is InChI=1S/C9H10N6O/c1-15(6-8-11-13-14-12-8)9(16)7-3-2-4-10-5-7/h2-5H,6H2,1H3,(H,11,12,13,14). The van der Waals surface area contributed by atoms with Gasteiger partial charge in [0.15, 0.2) is 5.82 Å². The lowest BCUT2D eigenvalue weighted by atomic mass is 10.2. The largest absolute Gasteiger partial charge is 0.334 e. The molecule has 0 unspecified atom stereocenters. The van der Waals surface area contributed by atoms with E-state index in [0.717, 1.165) is 0 Å². The summed E-state index contributed by atoms with van der Waals surface area (Å²) in [4.78, 5) is 17.3. The van der Waals surface area contributed by atoms with E-state index in [9.17, 15) is 4.79 Å². The first-order valence-electron chi connectivity index (χ1n) is 4.65. The molecule has 1 N–H and O–H groups in total. The van der Waals surface area contributed by atoms with Gasteiger partial charge < -0.3 is 4.90 Å². The molecule has 7 heteroatoms. The average Bonchev–Trinajstić information content (AvgIpc) is 2.82. The molecule has 0 bridgehead atoms. The number of aromatic amines is 1. The number of carbonyl (C=O) groups is 1. The molecular weight excluding hydrogens is 208 g/mol. The van der Waals surface area contributed by atoms with E-state index in [1.54, 1.807) is 25.4 Å². The quantitative estimate of drug-likeness (QED) is 0.775. The van der Waals surface area contributed by atoms with E-state index < -0.39 is 0 Å². The van der Waals surface area contributed by atoms with Crippen molar-refractivity contribution in [2.45, 2.75) is 6.54 Å². The minimum absolute atomic E-state index is 0.127. The minimum atomic E-state index is -0.127. The van der Waals surface area contributed by atoms with Crippen LogP contribution in [0.15, 0.2) is 24.5 Å². The summed E-state index contributed by atoms with van der Waals surface area (Å²) in [5, 5.41) is 13.3. The topological polar surface area (TPSA) is 87.7 Å². The number of H-pyrrole nitrogens is 1. The molecule has 0 aliphatic carbocycles. The monoisotopic (exact) mass is 218 g/mol. The van der Waals surface area contributed by atoms with Gasteiger partial charge in [-0.05, 0) is 12.1 Å². The van der Waals surface area contributed by atoms with Crippen molar-refractivity contribution in [3.8, 4) is 0 Å². The second-order valence-electron chi connectivity index (χ2n) is 3.23. The third-order valence-corrected chi connectivity index (χ3v) is 2.02. The zero-order valence-electron chi connectivity index (χ0n) is 8.66. The number of hydrogen-bond donors (Lipinski definition) is 1. The molecule has 2 heterocycles. The Hall–Kier alpha value is -2.31. The zero-order valence-corrected chi connectivity index (χ0v) is 8.66. The predicted octanol–water partition coefficient (Wildman–Crippen LogP) is -0.133. The van der Waals surface area contributed by atoms with Crippen molar-refractivity contribution < 1.29 is 4.79 Å². The van der Waals surface area contributed by atoms with Crippen LogP contribution in [0.4, 0.5) is 0 Å². The van der Waals surface area contributed by atoms with Crippen LogP contribution in [0.2, 0.25) is 0 Å². The van der Waals surface area contributed by atoms with Gasteiger partial charge in [0.1, 0.15) is 0 Å². The Balaban J connectivity index is 2.05. The number of aromatic nitrogens is 5. The highest BCUT2D eigenvalue weighted by molar-refractivity contribution is 5.93. The van der Waals surface area contributed by atoms with Crippen LogP contribution in [0.1, 0.15) is 16.2 Å². The van der Waals surface area contributed by atoms with E-state index in [2.05, 4.69) is 25.6 Å². The molecule has 2 aromatic heterocycles. The van der Waals surface area contributed by atoms with Crippen molar-refractivity contribution in [2.75, 3.05) is 7.05 Å². The molecule has 0 radical (unpaired) electrons. The Bertz CT molecular complexity index is 454. The van der Waals surface area contributed by atoms with Crippen LogP contribution in [0.5, 0.6) is 0 Å². The van der Waals surface area contributed by atoms with Crippen LogP contribution >= 0.6 is 0 Å². The van der Waals surface area contributed by atoms with E-state index in [-0.39, 0.29) is 5.91 Å². The number of tetrazole rings is 1. The summed E-state index contributed by atoms with van der Waals surface area (Å²) < 4.78 is 0. The third kappa shape index (κ3) is 2.19. The van der Waals surface area contributed by atoms with Gasteiger partial charge in [-0.3, -0.25) is 9.78 Å². The molecule has 7 nitrogen and oxygen atoms in total. The Morgan fingerprint density at radius 2 is 2.44 bits per heavy atom. The minimum Gasteiger partial charge on any atom is -0.334 e. The number of rotatable bonds is 3. The Morgan fingerprint density at radius 3 is 3.06 bits per heavy atom. The van der Waals surface area contributed by atoms with Gasteiger partial charge in [0.05, 0.1) is 12.1 Å². The van der Waals surface area contributed by atoms with Crippen LogP contribution in [-0.4, -0.2) is 43.5 Å². The molecule has 0 fully saturated rings. The Labute approximate surface area is 91.5 Å². The molecule has 0 atom stereocenters. The van der Waals surface area contributed by atoms with E-state index >= 15 is 0 Å². The lowest BCUT2D eigenvalue weighted by Crippen LogP contribution is -2.26. The number of pyridine rings is 1. The van der Waals surface area contributed by atoms with Crippen LogP contribution < -0.4 is 0 Å². The molecule has 0 aromatic carbocycles. The summed E-state index contributed by atoms with van der Waals surface area (Å²) in [6.45, 7) is 0.310. The highest BCUT2D eigenvalue weighted by Gasteiger charge is 2.13. The predicted molar refractivity (Wildman–Crippen MR) is 54.2 cm³/mol. The third-order valence-electron chi connectivity index (χ3n) is 2.02. The summed E-state index contributed by atoms with van der Waals surface area (Å²) in [6.07, 6.45) is 3.14. The van der Waals surface area contributed by atoms with Gasteiger partial charge in [-0.1, -0.05) is 5.21 Å². The molecule has 2 aromatic rings. The summed E-state index contributed by atoms with van der Waals surface area (Å²) in [5.74, 6) is 0.345. The lowest BCUT2D eigenvalue weighted by molar-refractivity contribution is 0.0781. The summed E-state index contributed by atoms with van der Waals surface area (Å²) in [5.41, 5.74) is 0.536. The SMILES string of the molecule is CN(Cc1nn[nH]n1)C(=O)c1cccnc1. The smallest absolute Gasteiger partial charge is 0.255 e. The van der Waals surface area contributed by atoms with Crippen LogP contribution in [0.25, 0.3) is 0 Å². The number of nitrogens with one attached hydrogen (secondary N) is 1. The number of nitrogens with zero attached hydrogens (tertiary/aromatic N) is 5. The molecule has 0 spiro atoms. The summed E-state index contributed by atoms with van der Waals surface area (Å²) in [7, 11) is 1.67. The van der Waals surface area contributed by atoms with Crippen molar-refractivity contribution in [1.82, 2.24) is 30.5 Å². The highest BCUT2D eigenvalue weighted by atomic mass is 16.2. The van der Waals surface area contributed by atoms with Gasteiger partial charge in [-0.25, -0.2) is 0 Å². The average molecular weight is 218 g/mol. The van der Waals surface area contributed by atoms with Gasteiger partial charge in [0.25, 0.3) is 5.91 Å². The van der Waals surface area contributed by atoms with Crippen molar-refractivity contribution >= 4 is 5.91 Å². The van der Waals surface area contributed by atoms with Gasteiger partial charge >= 0.3 is 0 Å². The lowest BCUT2D eigenvalue weighted by Gasteiger charge is -2.14. The summed E-state index contributed by atoms with van der Waals surface area (Å²) >= 11 is 0. The number of carbonyl (C=O) groups excluding carboxylic acids is 1. The highest BCUT2D eigenvalue weighted by Crippen LogP contribution is 2.03. The molecule has 0 aliphatic heterocycles. The van der Waals surface area contributed by atoms with Crippen molar-refractivity contribution in [3.05, 3.63) is 35.9 Å². The maximum Gasteiger partial charge on any atom is 0.255 e. The second kappa shape index (κ2) is 4.47. The van der Waals surface area contributed by atoms with Crippen LogP contribution in [0.3, 0.4) is 0 Å². The molecular formula is C9H10N6O. The second-order valence-corrected chi connectivity index (χ2v) is 3.23. The van der Waals surface area contributed by atoms with Gasteiger partial charge in [-0.15, -0.1) is 10.2 Å². The fourth-order valence-electron chi connectivity index (χ4n) is 1.24. The van der Waals surface area contributed by atoms with Crippen molar-refractivity contribution in [3.63, 3.8) is 0 Å². The molecule has 0 saturated carbocycles. The first-order valence-corrected chi connectivity index (χ1v) is 4.65. The van der Waals surface area contributed by atoms with Crippen molar-refractivity contribution in [2.24, 2.45) is 0 Å². The first-order chi connectivity index (χ1) is 7.77. The van der Waals surface area contributed by atoms with E-state index in [0.29, 0.717) is 17.9 Å². The van der Waals surface area contributed by atoms with Crippen molar-refractivity contribution in [1.29, 1.82) is 0 Å². The molecule has 2 rings (SSSR count). The zero-order chi connectivity index (χ0) is 11.4. The van der Waals surface area contributed by atoms with Gasteiger partial charge in [-0.2, -0.15) is 5.21 Å². The molecule has 82 valence electrons. The van der Waals surface area contributed by atoms with Gasteiger partial charge in [0, 0.05) is 19.4 Å². The number of amides is 1. The fourth-order valence-corrected chi connectivity index (χ4v) is 1.24.